The number of hydrogen-bond donors (Lipinski definition) is 1. The Kier molecular flexibility index (Phi) is 2.08. The van der Waals surface area contributed by atoms with E-state index in [2.05, 4.69) is 17.1 Å². The van der Waals surface area contributed by atoms with Crippen molar-refractivity contribution in [3.63, 3.8) is 0 Å². The van der Waals surface area contributed by atoms with Gasteiger partial charge in [0.1, 0.15) is 0 Å². The van der Waals surface area contributed by atoms with Crippen LogP contribution in [0, 0.1) is 0 Å². The Labute approximate surface area is 93.7 Å². The molecular formula is C14H12N2. The van der Waals surface area contributed by atoms with E-state index in [0.717, 1.165) is 21.8 Å². The van der Waals surface area contributed by atoms with Crippen LogP contribution >= 0.6 is 0 Å². The van der Waals surface area contributed by atoms with Crippen LogP contribution in [0.1, 0.15) is 5.56 Å². The highest BCUT2D eigenvalue weighted by Crippen LogP contribution is 2.25. The minimum absolute atomic E-state index is 0.545. The maximum absolute atomic E-state index is 5.85. The zero-order valence-corrected chi connectivity index (χ0v) is 8.85. The van der Waals surface area contributed by atoms with E-state index in [4.69, 9.17) is 5.73 Å². The molecular weight excluding hydrogens is 196 g/mol. The predicted molar refractivity (Wildman–Crippen MR) is 67.1 cm³/mol. The third kappa shape index (κ3) is 1.27. The van der Waals surface area contributed by atoms with Gasteiger partial charge in [0.2, 0.25) is 0 Å². The quantitative estimate of drug-likeness (QED) is 0.624. The minimum Gasteiger partial charge on any atom is -0.326 e. The zero-order valence-electron chi connectivity index (χ0n) is 8.85. The summed E-state index contributed by atoms with van der Waals surface area (Å²) >= 11 is 0. The summed E-state index contributed by atoms with van der Waals surface area (Å²) in [6.07, 6.45) is 0. The molecule has 78 valence electrons. The van der Waals surface area contributed by atoms with Crippen molar-refractivity contribution in [3.05, 3.63) is 54.1 Å². The molecule has 0 amide bonds. The number of aromatic nitrogens is 1. The standard InChI is InChI=1S/C14H12N2/c15-9-12-10-5-1-3-7-13(10)16-14-8-4-2-6-11(12)14/h1-8H,9,15H2. The molecule has 0 fully saturated rings. The molecule has 0 aliphatic carbocycles. The summed E-state index contributed by atoms with van der Waals surface area (Å²) in [6, 6.07) is 16.3. The van der Waals surface area contributed by atoms with Gasteiger partial charge in [-0.25, -0.2) is 4.98 Å². The molecule has 0 spiro atoms. The van der Waals surface area contributed by atoms with Gasteiger partial charge < -0.3 is 5.73 Å². The average molecular weight is 208 g/mol. The first kappa shape index (κ1) is 9.31. The minimum atomic E-state index is 0.545. The first-order valence-corrected chi connectivity index (χ1v) is 5.36. The molecule has 0 aliphatic heterocycles. The van der Waals surface area contributed by atoms with Crippen LogP contribution in [0.3, 0.4) is 0 Å². The molecule has 0 saturated carbocycles. The van der Waals surface area contributed by atoms with Crippen LogP contribution in [0.25, 0.3) is 21.8 Å². The van der Waals surface area contributed by atoms with Gasteiger partial charge in [0, 0.05) is 17.3 Å². The topological polar surface area (TPSA) is 38.9 Å². The summed E-state index contributed by atoms with van der Waals surface area (Å²) in [5, 5.41) is 2.31. The van der Waals surface area contributed by atoms with E-state index in [1.54, 1.807) is 0 Å². The molecule has 3 rings (SSSR count). The molecule has 16 heavy (non-hydrogen) atoms. The molecule has 0 atom stereocenters. The molecule has 1 heterocycles. The van der Waals surface area contributed by atoms with Crippen LogP contribution in [0.2, 0.25) is 0 Å². The summed E-state index contributed by atoms with van der Waals surface area (Å²) in [4.78, 5) is 4.63. The molecule has 1 aromatic heterocycles. The van der Waals surface area contributed by atoms with Crippen LogP contribution in [0.4, 0.5) is 0 Å². The van der Waals surface area contributed by atoms with Crippen LogP contribution in [-0.2, 0) is 6.54 Å². The molecule has 0 unspecified atom stereocenters. The SMILES string of the molecule is NCc1c2ccccc2nc2ccccc12. The second-order valence-corrected chi connectivity index (χ2v) is 3.83. The van der Waals surface area contributed by atoms with E-state index in [1.165, 1.54) is 5.56 Å². The maximum Gasteiger partial charge on any atom is 0.0713 e. The van der Waals surface area contributed by atoms with Crippen molar-refractivity contribution in [1.29, 1.82) is 0 Å². The first-order chi connectivity index (χ1) is 7.90. The smallest absolute Gasteiger partial charge is 0.0713 e. The van der Waals surface area contributed by atoms with E-state index in [0.29, 0.717) is 6.54 Å². The lowest BCUT2D eigenvalue weighted by Gasteiger charge is -2.08. The third-order valence-electron chi connectivity index (χ3n) is 2.90. The summed E-state index contributed by atoms with van der Waals surface area (Å²) in [5.41, 5.74) is 9.07. The number of pyridine rings is 1. The molecule has 0 saturated heterocycles. The van der Waals surface area contributed by atoms with Gasteiger partial charge in [-0.15, -0.1) is 0 Å². The lowest BCUT2D eigenvalue weighted by molar-refractivity contribution is 1.10. The van der Waals surface area contributed by atoms with Crippen molar-refractivity contribution in [2.24, 2.45) is 5.73 Å². The third-order valence-corrected chi connectivity index (χ3v) is 2.90. The summed E-state index contributed by atoms with van der Waals surface area (Å²) < 4.78 is 0. The lowest BCUT2D eigenvalue weighted by Crippen LogP contribution is -1.99. The van der Waals surface area contributed by atoms with Crippen molar-refractivity contribution >= 4 is 21.8 Å². The van der Waals surface area contributed by atoms with Crippen LogP contribution in [0.5, 0.6) is 0 Å². The van der Waals surface area contributed by atoms with Crippen LogP contribution in [0.15, 0.2) is 48.5 Å². The highest BCUT2D eigenvalue weighted by molar-refractivity contribution is 5.97. The number of nitrogens with two attached hydrogens (primary N) is 1. The van der Waals surface area contributed by atoms with Gasteiger partial charge in [-0.3, -0.25) is 0 Å². The van der Waals surface area contributed by atoms with Gasteiger partial charge in [0.15, 0.2) is 0 Å². The normalized spacial score (nSPS) is 11.1. The highest BCUT2D eigenvalue weighted by atomic mass is 14.7. The van der Waals surface area contributed by atoms with Crippen molar-refractivity contribution in [1.82, 2.24) is 4.98 Å². The average Bonchev–Trinajstić information content (AvgIpc) is 2.36. The van der Waals surface area contributed by atoms with Gasteiger partial charge in [-0.1, -0.05) is 36.4 Å². The predicted octanol–water partition coefficient (Wildman–Crippen LogP) is 2.85. The maximum atomic E-state index is 5.85. The van der Waals surface area contributed by atoms with E-state index in [9.17, 15) is 0 Å². The van der Waals surface area contributed by atoms with Gasteiger partial charge >= 0.3 is 0 Å². The van der Waals surface area contributed by atoms with Gasteiger partial charge in [-0.05, 0) is 17.7 Å². The number of para-hydroxylation sites is 2. The zero-order chi connectivity index (χ0) is 11.0. The van der Waals surface area contributed by atoms with Gasteiger partial charge in [-0.2, -0.15) is 0 Å². The molecule has 2 heteroatoms. The van der Waals surface area contributed by atoms with Crippen LogP contribution < -0.4 is 5.73 Å². The largest absolute Gasteiger partial charge is 0.326 e. The van der Waals surface area contributed by atoms with Crippen molar-refractivity contribution in [2.45, 2.75) is 6.54 Å². The fourth-order valence-corrected chi connectivity index (χ4v) is 2.15. The fourth-order valence-electron chi connectivity index (χ4n) is 2.15. The molecule has 0 bridgehead atoms. The lowest BCUT2D eigenvalue weighted by atomic mass is 10.0. The molecule has 3 aromatic rings. The number of hydrogen-bond acceptors (Lipinski definition) is 2. The second-order valence-electron chi connectivity index (χ2n) is 3.83. The Balaban J connectivity index is 2.56. The number of rotatable bonds is 1. The Hall–Kier alpha value is -1.93. The van der Waals surface area contributed by atoms with Gasteiger partial charge in [0.25, 0.3) is 0 Å². The highest BCUT2D eigenvalue weighted by Gasteiger charge is 2.05. The number of benzene rings is 2. The number of fused-ring (bicyclic) bond motifs is 2. The molecule has 2 N–H and O–H groups in total. The van der Waals surface area contributed by atoms with Crippen molar-refractivity contribution in [3.8, 4) is 0 Å². The first-order valence-electron chi connectivity index (χ1n) is 5.36. The summed E-state index contributed by atoms with van der Waals surface area (Å²) in [7, 11) is 0. The molecule has 0 aliphatic rings. The Morgan fingerprint density at radius 1 is 0.812 bits per heavy atom. The van der Waals surface area contributed by atoms with Crippen LogP contribution in [-0.4, -0.2) is 4.98 Å². The van der Waals surface area contributed by atoms with Gasteiger partial charge in [0.05, 0.1) is 11.0 Å². The summed E-state index contributed by atoms with van der Waals surface area (Å²) in [6.45, 7) is 0.545. The number of nitrogens with zero attached hydrogens (tertiary/aromatic N) is 1. The second kappa shape index (κ2) is 3.58. The van der Waals surface area contributed by atoms with E-state index in [-0.39, 0.29) is 0 Å². The molecule has 0 radical (unpaired) electrons. The summed E-state index contributed by atoms with van der Waals surface area (Å²) in [5.74, 6) is 0. The van der Waals surface area contributed by atoms with Crippen molar-refractivity contribution in [2.75, 3.05) is 0 Å². The molecule has 2 aromatic carbocycles. The Bertz CT molecular complexity index is 605. The van der Waals surface area contributed by atoms with E-state index in [1.807, 2.05) is 36.4 Å². The van der Waals surface area contributed by atoms with Crippen molar-refractivity contribution < 1.29 is 0 Å². The Morgan fingerprint density at radius 3 is 1.81 bits per heavy atom. The Morgan fingerprint density at radius 2 is 1.31 bits per heavy atom. The molecule has 2 nitrogen and oxygen atoms in total. The van der Waals surface area contributed by atoms with E-state index < -0.39 is 0 Å². The fraction of sp³-hybridized carbons (Fsp3) is 0.0714. The van der Waals surface area contributed by atoms with E-state index >= 15 is 0 Å². The monoisotopic (exact) mass is 208 g/mol.